The van der Waals surface area contributed by atoms with Gasteiger partial charge in [-0.15, -0.1) is 0 Å². The predicted octanol–water partition coefficient (Wildman–Crippen LogP) is 2.06. The third-order valence-electron chi connectivity index (χ3n) is 4.86. The SMILES string of the molecule is CC(O)CC1CCCCN1C(C)C(=O)NC1CCCC1. The molecule has 20 heavy (non-hydrogen) atoms. The van der Waals surface area contributed by atoms with Crippen molar-refractivity contribution in [3.8, 4) is 0 Å². The molecule has 0 aromatic carbocycles. The summed E-state index contributed by atoms with van der Waals surface area (Å²) in [6, 6.07) is 0.678. The first-order valence-electron chi connectivity index (χ1n) is 8.32. The number of carbonyl (C=O) groups excluding carboxylic acids is 1. The first-order chi connectivity index (χ1) is 9.58. The fourth-order valence-electron chi connectivity index (χ4n) is 3.72. The van der Waals surface area contributed by atoms with Crippen LogP contribution in [0.3, 0.4) is 0 Å². The number of amides is 1. The van der Waals surface area contributed by atoms with Crippen LogP contribution in [-0.4, -0.2) is 46.7 Å². The summed E-state index contributed by atoms with van der Waals surface area (Å²) in [5.74, 6) is 0.175. The molecular weight excluding hydrogens is 252 g/mol. The van der Waals surface area contributed by atoms with Crippen molar-refractivity contribution in [3.05, 3.63) is 0 Å². The molecule has 2 N–H and O–H groups in total. The van der Waals surface area contributed by atoms with E-state index in [0.29, 0.717) is 12.1 Å². The Hall–Kier alpha value is -0.610. The number of hydrogen-bond acceptors (Lipinski definition) is 3. The van der Waals surface area contributed by atoms with Gasteiger partial charge in [-0.2, -0.15) is 0 Å². The minimum atomic E-state index is -0.286. The summed E-state index contributed by atoms with van der Waals surface area (Å²) in [4.78, 5) is 14.7. The molecule has 1 saturated heterocycles. The maximum Gasteiger partial charge on any atom is 0.237 e. The van der Waals surface area contributed by atoms with Gasteiger partial charge >= 0.3 is 0 Å². The lowest BCUT2D eigenvalue weighted by Gasteiger charge is -2.40. The van der Waals surface area contributed by atoms with E-state index in [1.807, 2.05) is 13.8 Å². The van der Waals surface area contributed by atoms with E-state index in [4.69, 9.17) is 0 Å². The number of nitrogens with one attached hydrogen (secondary N) is 1. The highest BCUT2D eigenvalue weighted by Crippen LogP contribution is 2.24. The number of hydrogen-bond donors (Lipinski definition) is 2. The topological polar surface area (TPSA) is 52.6 Å². The van der Waals surface area contributed by atoms with Crippen LogP contribution in [0.25, 0.3) is 0 Å². The van der Waals surface area contributed by atoms with Gasteiger partial charge in [0.05, 0.1) is 12.1 Å². The molecule has 0 radical (unpaired) electrons. The van der Waals surface area contributed by atoms with E-state index in [2.05, 4.69) is 10.2 Å². The van der Waals surface area contributed by atoms with E-state index < -0.39 is 0 Å². The monoisotopic (exact) mass is 282 g/mol. The van der Waals surface area contributed by atoms with Gasteiger partial charge < -0.3 is 10.4 Å². The van der Waals surface area contributed by atoms with E-state index in [9.17, 15) is 9.90 Å². The van der Waals surface area contributed by atoms with E-state index in [1.165, 1.54) is 19.3 Å². The maximum absolute atomic E-state index is 12.4. The van der Waals surface area contributed by atoms with Crippen LogP contribution in [0.1, 0.15) is 65.2 Å². The normalized spacial score (nSPS) is 28.2. The highest BCUT2D eigenvalue weighted by Gasteiger charge is 2.31. The summed E-state index contributed by atoms with van der Waals surface area (Å²) in [5.41, 5.74) is 0. The quantitative estimate of drug-likeness (QED) is 0.811. The molecule has 4 heteroatoms. The molecule has 116 valence electrons. The van der Waals surface area contributed by atoms with Crippen LogP contribution in [0, 0.1) is 0 Å². The molecule has 2 rings (SSSR count). The van der Waals surface area contributed by atoms with Gasteiger partial charge in [0, 0.05) is 12.1 Å². The summed E-state index contributed by atoms with van der Waals surface area (Å²) in [5, 5.41) is 12.9. The van der Waals surface area contributed by atoms with Crippen LogP contribution in [0.5, 0.6) is 0 Å². The number of aliphatic hydroxyl groups is 1. The zero-order valence-electron chi connectivity index (χ0n) is 13.0. The number of likely N-dealkylation sites (tertiary alicyclic amines) is 1. The van der Waals surface area contributed by atoms with Crippen molar-refractivity contribution >= 4 is 5.91 Å². The van der Waals surface area contributed by atoms with Crippen molar-refractivity contribution in [1.82, 2.24) is 10.2 Å². The van der Waals surface area contributed by atoms with Crippen LogP contribution in [-0.2, 0) is 4.79 Å². The van der Waals surface area contributed by atoms with Crippen molar-refractivity contribution in [1.29, 1.82) is 0 Å². The lowest BCUT2D eigenvalue weighted by atomic mass is 9.95. The molecule has 0 aromatic heterocycles. The van der Waals surface area contributed by atoms with Crippen molar-refractivity contribution in [2.24, 2.45) is 0 Å². The molecular formula is C16H30N2O2. The molecule has 0 bridgehead atoms. The first-order valence-corrected chi connectivity index (χ1v) is 8.32. The van der Waals surface area contributed by atoms with E-state index in [-0.39, 0.29) is 18.1 Å². The molecule has 2 aliphatic rings. The van der Waals surface area contributed by atoms with Gasteiger partial charge in [-0.25, -0.2) is 0 Å². The lowest BCUT2D eigenvalue weighted by Crippen LogP contribution is -2.53. The largest absolute Gasteiger partial charge is 0.393 e. The van der Waals surface area contributed by atoms with Crippen molar-refractivity contribution < 1.29 is 9.90 Å². The molecule has 1 aliphatic carbocycles. The Morgan fingerprint density at radius 2 is 1.85 bits per heavy atom. The van der Waals surface area contributed by atoms with Crippen LogP contribution in [0.2, 0.25) is 0 Å². The minimum Gasteiger partial charge on any atom is -0.393 e. The Kier molecular flexibility index (Phi) is 5.85. The second kappa shape index (κ2) is 7.41. The molecule has 3 atom stereocenters. The Morgan fingerprint density at radius 1 is 1.20 bits per heavy atom. The summed E-state index contributed by atoms with van der Waals surface area (Å²) in [6.07, 6.45) is 8.73. The molecule has 2 fully saturated rings. The molecule has 3 unspecified atom stereocenters. The van der Waals surface area contributed by atoms with E-state index >= 15 is 0 Å². The molecule has 1 amide bonds. The van der Waals surface area contributed by atoms with Crippen LogP contribution in [0.15, 0.2) is 0 Å². The fourth-order valence-corrected chi connectivity index (χ4v) is 3.72. The fraction of sp³-hybridized carbons (Fsp3) is 0.938. The van der Waals surface area contributed by atoms with E-state index in [0.717, 1.165) is 38.6 Å². The van der Waals surface area contributed by atoms with Gasteiger partial charge in [0.1, 0.15) is 0 Å². The average Bonchev–Trinajstić information content (AvgIpc) is 2.90. The van der Waals surface area contributed by atoms with Gasteiger partial charge in [-0.1, -0.05) is 19.3 Å². The molecule has 1 saturated carbocycles. The lowest BCUT2D eigenvalue weighted by molar-refractivity contribution is -0.128. The maximum atomic E-state index is 12.4. The summed E-state index contributed by atoms with van der Waals surface area (Å²) >= 11 is 0. The van der Waals surface area contributed by atoms with Gasteiger partial charge in [0.25, 0.3) is 0 Å². The molecule has 0 aromatic rings. The molecule has 0 spiro atoms. The zero-order valence-corrected chi connectivity index (χ0v) is 13.0. The number of rotatable bonds is 5. The Bertz CT molecular complexity index is 314. The molecule has 1 aliphatic heterocycles. The Labute approximate surface area is 122 Å². The highest BCUT2D eigenvalue weighted by molar-refractivity contribution is 5.81. The van der Waals surface area contributed by atoms with Crippen LogP contribution in [0.4, 0.5) is 0 Å². The number of piperidine rings is 1. The third kappa shape index (κ3) is 4.19. The number of aliphatic hydroxyl groups excluding tert-OH is 1. The van der Waals surface area contributed by atoms with E-state index in [1.54, 1.807) is 0 Å². The van der Waals surface area contributed by atoms with Crippen molar-refractivity contribution in [2.45, 2.75) is 89.4 Å². The minimum absolute atomic E-state index is 0.0698. The van der Waals surface area contributed by atoms with Gasteiger partial charge in [0.15, 0.2) is 0 Å². The van der Waals surface area contributed by atoms with Crippen LogP contribution >= 0.6 is 0 Å². The van der Waals surface area contributed by atoms with Crippen molar-refractivity contribution in [2.75, 3.05) is 6.54 Å². The molecule has 1 heterocycles. The summed E-state index contributed by atoms with van der Waals surface area (Å²) < 4.78 is 0. The van der Waals surface area contributed by atoms with Gasteiger partial charge in [0.2, 0.25) is 5.91 Å². The Morgan fingerprint density at radius 3 is 2.50 bits per heavy atom. The van der Waals surface area contributed by atoms with Crippen LogP contribution < -0.4 is 5.32 Å². The predicted molar refractivity (Wildman–Crippen MR) is 80.5 cm³/mol. The number of nitrogens with zero attached hydrogens (tertiary/aromatic N) is 1. The standard InChI is InChI=1S/C16H30N2O2/c1-12(19)11-15-9-5-6-10-18(15)13(2)16(20)17-14-7-3-4-8-14/h12-15,19H,3-11H2,1-2H3,(H,17,20). The Balaban J connectivity index is 1.90. The smallest absolute Gasteiger partial charge is 0.237 e. The summed E-state index contributed by atoms with van der Waals surface area (Å²) in [6.45, 7) is 4.84. The number of carbonyl (C=O) groups is 1. The second-order valence-electron chi connectivity index (χ2n) is 6.64. The second-order valence-corrected chi connectivity index (χ2v) is 6.64. The average molecular weight is 282 g/mol. The van der Waals surface area contributed by atoms with Gasteiger partial charge in [-0.05, 0) is 52.5 Å². The third-order valence-corrected chi connectivity index (χ3v) is 4.86. The van der Waals surface area contributed by atoms with Crippen molar-refractivity contribution in [3.63, 3.8) is 0 Å². The molecule has 4 nitrogen and oxygen atoms in total. The first kappa shape index (κ1) is 15.8. The van der Waals surface area contributed by atoms with Gasteiger partial charge in [-0.3, -0.25) is 9.69 Å². The zero-order chi connectivity index (χ0) is 14.5. The highest BCUT2D eigenvalue weighted by atomic mass is 16.3. The summed E-state index contributed by atoms with van der Waals surface area (Å²) in [7, 11) is 0.